The Bertz CT molecular complexity index is 535. The molecule has 128 valence electrons. The van der Waals surface area contributed by atoms with Crippen LogP contribution < -0.4 is 5.32 Å². The summed E-state index contributed by atoms with van der Waals surface area (Å²) in [6.07, 6.45) is 3.71. The van der Waals surface area contributed by atoms with Gasteiger partial charge in [0.25, 0.3) is 0 Å². The van der Waals surface area contributed by atoms with Gasteiger partial charge in [0.2, 0.25) is 11.8 Å². The average Bonchev–Trinajstić information content (AvgIpc) is 2.74. The summed E-state index contributed by atoms with van der Waals surface area (Å²) in [6.45, 7) is 5.10. The van der Waals surface area contributed by atoms with Gasteiger partial charge in [0.1, 0.15) is 0 Å². The van der Waals surface area contributed by atoms with Crippen molar-refractivity contribution in [3.05, 3.63) is 10.6 Å². The summed E-state index contributed by atoms with van der Waals surface area (Å²) in [5.74, 6) is -0.00691. The van der Waals surface area contributed by atoms with Gasteiger partial charge in [-0.05, 0) is 33.1 Å². The number of amides is 2. The maximum absolute atomic E-state index is 12.5. The van der Waals surface area contributed by atoms with Crippen LogP contribution in [0.3, 0.4) is 0 Å². The quantitative estimate of drug-likeness (QED) is 0.738. The molecule has 0 spiro atoms. The van der Waals surface area contributed by atoms with Crippen molar-refractivity contribution in [1.82, 2.24) is 9.88 Å². The molecule has 1 aromatic heterocycles. The highest BCUT2D eigenvalue weighted by molar-refractivity contribution is 7.15. The third-order valence-corrected chi connectivity index (χ3v) is 5.14. The molecule has 1 N–H and O–H groups in total. The highest BCUT2D eigenvalue weighted by Crippen LogP contribution is 2.28. The Balaban J connectivity index is 1.91. The maximum atomic E-state index is 12.5. The Morgan fingerprint density at radius 2 is 2.13 bits per heavy atom. The van der Waals surface area contributed by atoms with Gasteiger partial charge >= 0.3 is 0 Å². The summed E-state index contributed by atoms with van der Waals surface area (Å²) in [5, 5.41) is 3.39. The molecule has 1 aromatic rings. The van der Waals surface area contributed by atoms with Crippen LogP contribution in [-0.2, 0) is 14.3 Å². The number of hydrogen-bond acceptors (Lipinski definition) is 5. The van der Waals surface area contributed by atoms with Gasteiger partial charge < -0.3 is 15.0 Å². The van der Waals surface area contributed by atoms with E-state index >= 15 is 0 Å². The highest BCUT2D eigenvalue weighted by atomic mass is 32.1. The van der Waals surface area contributed by atoms with Gasteiger partial charge in [0.05, 0.1) is 12.2 Å². The van der Waals surface area contributed by atoms with Gasteiger partial charge in [-0.1, -0.05) is 6.42 Å². The fourth-order valence-corrected chi connectivity index (χ4v) is 3.27. The standard InChI is InChI=1S/C16H25N3O3S/c1-11-12(2)23-16(17-11)18-14(20)10-19(8-5-9-22-3)15(21)13-6-4-7-13/h13H,4-10H2,1-3H3,(H,17,18,20). The maximum Gasteiger partial charge on any atom is 0.245 e. The number of carbonyl (C=O) groups excluding carboxylic acids is 2. The molecule has 0 aromatic carbocycles. The first-order chi connectivity index (χ1) is 11.0. The molecule has 2 rings (SSSR count). The zero-order valence-corrected chi connectivity index (χ0v) is 14.9. The van der Waals surface area contributed by atoms with Crippen LogP contribution in [0.1, 0.15) is 36.3 Å². The minimum atomic E-state index is -0.191. The molecule has 0 unspecified atom stereocenters. The second kappa shape index (κ2) is 8.40. The fraction of sp³-hybridized carbons (Fsp3) is 0.688. The third kappa shape index (κ3) is 5.00. The predicted molar refractivity (Wildman–Crippen MR) is 90.6 cm³/mol. The molecule has 1 saturated carbocycles. The molecule has 2 amide bonds. The van der Waals surface area contributed by atoms with Crippen molar-refractivity contribution in [2.45, 2.75) is 39.5 Å². The minimum absolute atomic E-state index is 0.0801. The van der Waals surface area contributed by atoms with E-state index < -0.39 is 0 Å². The minimum Gasteiger partial charge on any atom is -0.385 e. The SMILES string of the molecule is COCCCN(CC(=O)Nc1nc(C)c(C)s1)C(=O)C1CCC1. The summed E-state index contributed by atoms with van der Waals surface area (Å²) in [6, 6.07) is 0. The summed E-state index contributed by atoms with van der Waals surface area (Å²) in [5.41, 5.74) is 0.924. The van der Waals surface area contributed by atoms with Crippen LogP contribution in [0.25, 0.3) is 0 Å². The molecular formula is C16H25N3O3S. The van der Waals surface area contributed by atoms with Crippen molar-refractivity contribution in [3.8, 4) is 0 Å². The number of aromatic nitrogens is 1. The number of thiazole rings is 1. The Kier molecular flexibility index (Phi) is 6.53. The molecule has 7 heteroatoms. The van der Waals surface area contributed by atoms with E-state index in [0.717, 1.165) is 36.3 Å². The lowest BCUT2D eigenvalue weighted by atomic mass is 9.84. The summed E-state index contributed by atoms with van der Waals surface area (Å²) >= 11 is 1.46. The van der Waals surface area contributed by atoms with Crippen LogP contribution >= 0.6 is 11.3 Å². The third-order valence-electron chi connectivity index (χ3n) is 4.15. The first-order valence-electron chi connectivity index (χ1n) is 8.03. The van der Waals surface area contributed by atoms with Crippen molar-refractivity contribution >= 4 is 28.3 Å². The topological polar surface area (TPSA) is 71.5 Å². The van der Waals surface area contributed by atoms with Crippen LogP contribution in [0.15, 0.2) is 0 Å². The van der Waals surface area contributed by atoms with E-state index in [1.807, 2.05) is 13.8 Å². The molecule has 1 fully saturated rings. The Hall–Kier alpha value is -1.47. The van der Waals surface area contributed by atoms with E-state index in [1.165, 1.54) is 11.3 Å². The molecule has 0 bridgehead atoms. The van der Waals surface area contributed by atoms with Crippen molar-refractivity contribution in [2.24, 2.45) is 5.92 Å². The number of ether oxygens (including phenoxy) is 1. The van der Waals surface area contributed by atoms with Crippen LogP contribution in [0.2, 0.25) is 0 Å². The molecule has 0 atom stereocenters. The number of carbonyl (C=O) groups is 2. The van der Waals surface area contributed by atoms with E-state index in [4.69, 9.17) is 4.74 Å². The smallest absolute Gasteiger partial charge is 0.245 e. The van der Waals surface area contributed by atoms with Crippen molar-refractivity contribution in [3.63, 3.8) is 0 Å². The number of nitrogens with one attached hydrogen (secondary N) is 1. The van der Waals surface area contributed by atoms with Crippen LogP contribution in [0, 0.1) is 19.8 Å². The fourth-order valence-electron chi connectivity index (χ4n) is 2.44. The Morgan fingerprint density at radius 3 is 2.65 bits per heavy atom. The van der Waals surface area contributed by atoms with E-state index in [1.54, 1.807) is 12.0 Å². The largest absolute Gasteiger partial charge is 0.385 e. The molecule has 1 heterocycles. The molecule has 1 aliphatic carbocycles. The average molecular weight is 339 g/mol. The second-order valence-corrected chi connectivity index (χ2v) is 7.15. The number of hydrogen-bond donors (Lipinski definition) is 1. The van der Waals surface area contributed by atoms with Crippen molar-refractivity contribution in [2.75, 3.05) is 32.1 Å². The van der Waals surface area contributed by atoms with Gasteiger partial charge in [0, 0.05) is 31.1 Å². The van der Waals surface area contributed by atoms with Gasteiger partial charge in [-0.15, -0.1) is 11.3 Å². The van der Waals surface area contributed by atoms with E-state index in [9.17, 15) is 9.59 Å². The van der Waals surface area contributed by atoms with Gasteiger partial charge in [0.15, 0.2) is 5.13 Å². The van der Waals surface area contributed by atoms with Gasteiger partial charge in [-0.25, -0.2) is 4.98 Å². The molecule has 23 heavy (non-hydrogen) atoms. The number of methoxy groups -OCH3 is 1. The zero-order chi connectivity index (χ0) is 16.8. The second-order valence-electron chi connectivity index (χ2n) is 5.94. The van der Waals surface area contributed by atoms with Crippen LogP contribution in [-0.4, -0.2) is 48.5 Å². The summed E-state index contributed by atoms with van der Waals surface area (Å²) in [4.78, 5) is 31.7. The molecule has 1 aliphatic rings. The summed E-state index contributed by atoms with van der Waals surface area (Å²) < 4.78 is 5.04. The molecule has 0 radical (unpaired) electrons. The highest BCUT2D eigenvalue weighted by Gasteiger charge is 2.30. The zero-order valence-electron chi connectivity index (χ0n) is 14.1. The van der Waals surface area contributed by atoms with Gasteiger partial charge in [-0.3, -0.25) is 9.59 Å². The number of rotatable bonds is 8. The number of nitrogens with zero attached hydrogens (tertiary/aromatic N) is 2. The first kappa shape index (κ1) is 17.9. The lowest BCUT2D eigenvalue weighted by Crippen LogP contribution is -2.43. The number of aryl methyl sites for hydroxylation is 2. The van der Waals surface area contributed by atoms with Crippen LogP contribution in [0.5, 0.6) is 0 Å². The normalized spacial score (nSPS) is 14.4. The first-order valence-corrected chi connectivity index (χ1v) is 8.84. The molecule has 0 aliphatic heterocycles. The molecule has 6 nitrogen and oxygen atoms in total. The van der Waals surface area contributed by atoms with Gasteiger partial charge in [-0.2, -0.15) is 0 Å². The Morgan fingerprint density at radius 1 is 1.39 bits per heavy atom. The van der Waals surface area contributed by atoms with E-state index in [0.29, 0.717) is 18.3 Å². The predicted octanol–water partition coefficient (Wildman–Crippen LogP) is 2.36. The number of anilines is 1. The van der Waals surface area contributed by atoms with Crippen LogP contribution in [0.4, 0.5) is 5.13 Å². The molecule has 0 saturated heterocycles. The lowest BCUT2D eigenvalue weighted by molar-refractivity contribution is -0.140. The van der Waals surface area contributed by atoms with Crippen molar-refractivity contribution < 1.29 is 14.3 Å². The monoisotopic (exact) mass is 339 g/mol. The summed E-state index contributed by atoms with van der Waals surface area (Å²) in [7, 11) is 1.64. The van der Waals surface area contributed by atoms with Crippen molar-refractivity contribution in [1.29, 1.82) is 0 Å². The molecular weight excluding hydrogens is 314 g/mol. The Labute approximate surface area is 141 Å². The van der Waals surface area contributed by atoms with E-state index in [2.05, 4.69) is 10.3 Å². The lowest BCUT2D eigenvalue weighted by Gasteiger charge is -2.31. The van der Waals surface area contributed by atoms with E-state index in [-0.39, 0.29) is 24.3 Å².